The molecule has 1 atom stereocenters. The zero-order chi connectivity index (χ0) is 15.9. The van der Waals surface area contributed by atoms with E-state index in [0.717, 1.165) is 0 Å². The van der Waals surface area contributed by atoms with Gasteiger partial charge in [-0.3, -0.25) is 9.59 Å². The second-order valence-corrected chi connectivity index (χ2v) is 4.84. The molecule has 116 valence electrons. The molecule has 1 heterocycles. The Morgan fingerprint density at radius 1 is 1.41 bits per heavy atom. The Hall–Kier alpha value is -2.48. The molecule has 0 aliphatic carbocycles. The van der Waals surface area contributed by atoms with E-state index in [1.807, 2.05) is 0 Å². The van der Waals surface area contributed by atoms with Gasteiger partial charge in [-0.05, 0) is 22.1 Å². The number of hydrogen-bond donors (Lipinski definition) is 1. The van der Waals surface area contributed by atoms with Crippen molar-refractivity contribution >= 4 is 23.5 Å². The van der Waals surface area contributed by atoms with E-state index in [-0.39, 0.29) is 18.9 Å². The Kier molecular flexibility index (Phi) is 5.42. The summed E-state index contributed by atoms with van der Waals surface area (Å²) in [7, 11) is 1.29. The summed E-state index contributed by atoms with van der Waals surface area (Å²) in [6.07, 6.45) is 1.30. The van der Waals surface area contributed by atoms with Crippen LogP contribution in [0.2, 0.25) is 5.02 Å². The molecule has 0 saturated carbocycles. The number of amides is 1. The normalized spacial score (nSPS) is 11.7. The topological polar surface area (TPSA) is 99.0 Å². The molecule has 1 N–H and O–H groups in total. The molecule has 0 aliphatic rings. The summed E-state index contributed by atoms with van der Waals surface area (Å²) in [5, 5.41) is 13.7. The quantitative estimate of drug-likeness (QED) is 0.787. The third-order valence-electron chi connectivity index (χ3n) is 2.91. The maximum Gasteiger partial charge on any atom is 0.307 e. The molecule has 8 nitrogen and oxygen atoms in total. The molecule has 9 heteroatoms. The molecule has 2 aromatic rings. The molecule has 0 unspecified atom stereocenters. The number of hydrogen-bond acceptors (Lipinski definition) is 6. The summed E-state index contributed by atoms with van der Waals surface area (Å²) in [6, 6.07) is 6.38. The minimum atomic E-state index is -0.592. The number of esters is 1. The third-order valence-corrected chi connectivity index (χ3v) is 3.26. The first-order valence-electron chi connectivity index (χ1n) is 6.41. The number of rotatable bonds is 6. The molecular weight excluding hydrogens is 310 g/mol. The number of aromatic nitrogens is 4. The number of methoxy groups -OCH3 is 1. The Bertz CT molecular complexity index is 647. The van der Waals surface area contributed by atoms with E-state index in [0.29, 0.717) is 10.6 Å². The van der Waals surface area contributed by atoms with Crippen LogP contribution in [0.4, 0.5) is 0 Å². The van der Waals surface area contributed by atoms with E-state index < -0.39 is 12.0 Å². The lowest BCUT2D eigenvalue weighted by Crippen LogP contribution is -2.33. The van der Waals surface area contributed by atoms with Crippen LogP contribution in [0.3, 0.4) is 0 Å². The zero-order valence-electron chi connectivity index (χ0n) is 11.8. The molecule has 0 saturated heterocycles. The van der Waals surface area contributed by atoms with Crippen LogP contribution in [-0.2, 0) is 20.9 Å². The largest absolute Gasteiger partial charge is 0.469 e. The highest BCUT2D eigenvalue weighted by atomic mass is 35.5. The van der Waals surface area contributed by atoms with Gasteiger partial charge >= 0.3 is 5.97 Å². The number of benzene rings is 1. The van der Waals surface area contributed by atoms with Crippen molar-refractivity contribution in [2.75, 3.05) is 7.11 Å². The molecule has 1 aromatic carbocycles. The van der Waals surface area contributed by atoms with E-state index in [9.17, 15) is 9.59 Å². The first kappa shape index (κ1) is 15.9. The molecule has 0 bridgehead atoms. The number of ether oxygens (including phenoxy) is 1. The van der Waals surface area contributed by atoms with Crippen molar-refractivity contribution in [3.05, 3.63) is 41.2 Å². The van der Waals surface area contributed by atoms with Crippen molar-refractivity contribution in [1.82, 2.24) is 25.5 Å². The highest BCUT2D eigenvalue weighted by Crippen LogP contribution is 2.25. The van der Waals surface area contributed by atoms with Crippen LogP contribution < -0.4 is 5.32 Å². The van der Waals surface area contributed by atoms with Crippen molar-refractivity contribution in [3.8, 4) is 0 Å². The summed E-state index contributed by atoms with van der Waals surface area (Å²) in [5.41, 5.74) is 0.639. The fourth-order valence-corrected chi connectivity index (χ4v) is 2.15. The lowest BCUT2D eigenvalue weighted by molar-refractivity contribution is -0.141. The summed E-state index contributed by atoms with van der Waals surface area (Å²) < 4.78 is 5.93. The molecule has 22 heavy (non-hydrogen) atoms. The predicted octanol–water partition coefficient (Wildman–Crippen LogP) is 0.747. The minimum Gasteiger partial charge on any atom is -0.469 e. The molecule has 0 radical (unpaired) electrons. The monoisotopic (exact) mass is 323 g/mol. The minimum absolute atomic E-state index is 0.0262. The fraction of sp³-hybridized carbons (Fsp3) is 0.308. The second-order valence-electron chi connectivity index (χ2n) is 4.43. The summed E-state index contributed by atoms with van der Waals surface area (Å²) in [6.45, 7) is -0.0604. The van der Waals surface area contributed by atoms with E-state index in [1.165, 1.54) is 18.1 Å². The lowest BCUT2D eigenvalue weighted by Gasteiger charge is -2.19. The molecule has 1 amide bonds. The number of tetrazole rings is 1. The van der Waals surface area contributed by atoms with Crippen LogP contribution in [0.15, 0.2) is 30.6 Å². The maximum atomic E-state index is 12.1. The second kappa shape index (κ2) is 7.51. The van der Waals surface area contributed by atoms with Crippen LogP contribution in [0.5, 0.6) is 0 Å². The van der Waals surface area contributed by atoms with E-state index in [2.05, 4.69) is 25.6 Å². The molecule has 0 aliphatic heterocycles. The van der Waals surface area contributed by atoms with Crippen LogP contribution in [0, 0.1) is 0 Å². The highest BCUT2D eigenvalue weighted by molar-refractivity contribution is 6.31. The van der Waals surface area contributed by atoms with E-state index >= 15 is 0 Å². The smallest absolute Gasteiger partial charge is 0.307 e. The average molecular weight is 324 g/mol. The maximum absolute atomic E-state index is 12.1. The van der Waals surface area contributed by atoms with E-state index in [1.54, 1.807) is 24.3 Å². The summed E-state index contributed by atoms with van der Waals surface area (Å²) >= 11 is 6.13. The van der Waals surface area contributed by atoms with Crippen molar-refractivity contribution in [1.29, 1.82) is 0 Å². The third kappa shape index (κ3) is 4.26. The SMILES string of the molecule is COC(=O)C[C@H](NC(=O)Cn1cnnn1)c1ccccc1Cl. The van der Waals surface area contributed by atoms with Gasteiger partial charge in [-0.15, -0.1) is 5.10 Å². The van der Waals surface area contributed by atoms with Gasteiger partial charge in [0.2, 0.25) is 5.91 Å². The van der Waals surface area contributed by atoms with Gasteiger partial charge in [-0.1, -0.05) is 29.8 Å². The van der Waals surface area contributed by atoms with Gasteiger partial charge in [0, 0.05) is 5.02 Å². The number of carbonyl (C=O) groups excluding carboxylic acids is 2. The first-order chi connectivity index (χ1) is 10.6. The molecule has 0 fully saturated rings. The first-order valence-corrected chi connectivity index (χ1v) is 6.79. The van der Waals surface area contributed by atoms with E-state index in [4.69, 9.17) is 11.6 Å². The number of nitrogens with one attached hydrogen (secondary N) is 1. The standard InChI is InChI=1S/C13H14ClN5O3/c1-22-13(21)6-11(9-4-2-3-5-10(9)14)16-12(20)7-19-8-15-17-18-19/h2-5,8,11H,6-7H2,1H3,(H,16,20)/t11-/m0/s1. The van der Waals surface area contributed by atoms with Gasteiger partial charge in [0.25, 0.3) is 0 Å². The van der Waals surface area contributed by atoms with Crippen LogP contribution in [0.25, 0.3) is 0 Å². The molecule has 1 aromatic heterocycles. The number of carbonyl (C=O) groups is 2. The van der Waals surface area contributed by atoms with Crippen molar-refractivity contribution < 1.29 is 14.3 Å². The van der Waals surface area contributed by atoms with Crippen LogP contribution >= 0.6 is 11.6 Å². The summed E-state index contributed by atoms with van der Waals surface area (Å²) in [4.78, 5) is 23.6. The molecule has 0 spiro atoms. The van der Waals surface area contributed by atoms with Crippen LogP contribution in [0.1, 0.15) is 18.0 Å². The Balaban J connectivity index is 2.12. The molecular formula is C13H14ClN5O3. The number of halogens is 1. The van der Waals surface area contributed by atoms with Crippen LogP contribution in [-0.4, -0.2) is 39.2 Å². The molecule has 2 rings (SSSR count). The fourth-order valence-electron chi connectivity index (χ4n) is 1.89. The lowest BCUT2D eigenvalue weighted by atomic mass is 10.0. The van der Waals surface area contributed by atoms with Gasteiger partial charge in [0.05, 0.1) is 19.6 Å². The predicted molar refractivity (Wildman–Crippen MR) is 76.8 cm³/mol. The van der Waals surface area contributed by atoms with Crippen molar-refractivity contribution in [2.45, 2.75) is 19.0 Å². The van der Waals surface area contributed by atoms with Gasteiger partial charge in [-0.25, -0.2) is 4.68 Å². The Morgan fingerprint density at radius 2 is 2.18 bits per heavy atom. The zero-order valence-corrected chi connectivity index (χ0v) is 12.5. The van der Waals surface area contributed by atoms with Gasteiger partial charge in [0.15, 0.2) is 0 Å². The van der Waals surface area contributed by atoms with Crippen molar-refractivity contribution in [3.63, 3.8) is 0 Å². The highest BCUT2D eigenvalue weighted by Gasteiger charge is 2.21. The average Bonchev–Trinajstić information content (AvgIpc) is 2.99. The Labute approximate surface area is 131 Å². The van der Waals surface area contributed by atoms with Gasteiger partial charge in [0.1, 0.15) is 12.9 Å². The van der Waals surface area contributed by atoms with Gasteiger partial charge < -0.3 is 10.1 Å². The Morgan fingerprint density at radius 3 is 2.82 bits per heavy atom. The summed E-state index contributed by atoms with van der Waals surface area (Å²) in [5.74, 6) is -0.797. The van der Waals surface area contributed by atoms with Gasteiger partial charge in [-0.2, -0.15) is 0 Å². The van der Waals surface area contributed by atoms with Crippen molar-refractivity contribution in [2.24, 2.45) is 0 Å². The number of nitrogens with zero attached hydrogens (tertiary/aromatic N) is 4.